The lowest BCUT2D eigenvalue weighted by Gasteiger charge is -2.04. The lowest BCUT2D eigenvalue weighted by Crippen LogP contribution is -1.90. The van der Waals surface area contributed by atoms with Crippen LogP contribution in [0.1, 0.15) is 38.8 Å². The second kappa shape index (κ2) is 11.3. The molecule has 0 aliphatic carbocycles. The van der Waals surface area contributed by atoms with E-state index in [1.54, 1.807) is 0 Å². The molecule has 0 spiro atoms. The maximum atomic E-state index is 5.65. The third-order valence-corrected chi connectivity index (χ3v) is 2.84. The minimum atomic E-state index is 0.811. The molecule has 2 aromatic carbocycles. The molecule has 0 saturated heterocycles. The number of benzene rings is 2. The van der Waals surface area contributed by atoms with Gasteiger partial charge in [-0.3, -0.25) is 0 Å². The minimum Gasteiger partial charge on any atom is -0.399 e. The number of anilines is 2. The van der Waals surface area contributed by atoms with Gasteiger partial charge in [0.2, 0.25) is 0 Å². The van der Waals surface area contributed by atoms with Crippen LogP contribution in [0.25, 0.3) is 0 Å². The Morgan fingerprint density at radius 1 is 0.800 bits per heavy atom. The van der Waals surface area contributed by atoms with Gasteiger partial charge in [0.05, 0.1) is 0 Å². The lowest BCUT2D eigenvalue weighted by molar-refractivity contribution is 1.19. The van der Waals surface area contributed by atoms with Crippen LogP contribution in [0.2, 0.25) is 0 Å². The van der Waals surface area contributed by atoms with Crippen LogP contribution < -0.4 is 10.8 Å². The van der Waals surface area contributed by atoms with Crippen molar-refractivity contribution in [2.75, 3.05) is 10.8 Å². The summed E-state index contributed by atoms with van der Waals surface area (Å²) in [6.45, 7) is 8.00. The van der Waals surface area contributed by atoms with E-state index in [4.69, 9.17) is 5.73 Å². The summed E-state index contributed by atoms with van der Waals surface area (Å²) in [5.41, 5.74) is 10.1. The van der Waals surface area contributed by atoms with E-state index in [-0.39, 0.29) is 0 Å². The van der Waals surface area contributed by atoms with Gasteiger partial charge < -0.3 is 10.8 Å². The van der Waals surface area contributed by atoms with E-state index in [1.165, 1.54) is 11.1 Å². The van der Waals surface area contributed by atoms with Crippen LogP contribution >= 0.6 is 9.39 Å². The highest BCUT2D eigenvalue weighted by molar-refractivity contribution is 7.18. The van der Waals surface area contributed by atoms with Crippen molar-refractivity contribution in [3.8, 4) is 0 Å². The first-order valence-corrected chi connectivity index (χ1v) is 7.75. The van der Waals surface area contributed by atoms with E-state index < -0.39 is 0 Å². The predicted molar refractivity (Wildman–Crippen MR) is 96.1 cm³/mol. The van der Waals surface area contributed by atoms with E-state index in [1.807, 2.05) is 39.8 Å². The van der Waals surface area contributed by atoms with Gasteiger partial charge in [-0.2, -0.15) is 0 Å². The Morgan fingerprint density at radius 3 is 1.60 bits per heavy atom. The molecule has 0 radical (unpaired) electrons. The fourth-order valence-corrected chi connectivity index (χ4v) is 1.78. The van der Waals surface area contributed by atoms with Gasteiger partial charge in [-0.1, -0.05) is 52.0 Å². The molecule has 2 rings (SSSR count). The summed E-state index contributed by atoms with van der Waals surface area (Å²) < 4.78 is 0. The third kappa shape index (κ3) is 6.58. The molecule has 0 aliphatic heterocycles. The molecule has 2 aromatic rings. The van der Waals surface area contributed by atoms with Crippen LogP contribution in [0.15, 0.2) is 48.5 Å². The summed E-state index contributed by atoms with van der Waals surface area (Å²) in [6, 6.07) is 16.4. The van der Waals surface area contributed by atoms with Gasteiger partial charge in [-0.05, 0) is 51.2 Å². The topological polar surface area (TPSA) is 38.0 Å². The maximum absolute atomic E-state index is 5.65. The van der Waals surface area contributed by atoms with E-state index in [9.17, 15) is 0 Å². The van der Waals surface area contributed by atoms with Gasteiger partial charge in [-0.15, -0.1) is 0 Å². The predicted octanol–water partition coefficient (Wildman–Crippen LogP) is 5.11. The second-order valence-electron chi connectivity index (χ2n) is 3.76. The Hall–Kier alpha value is -1.53. The SMILES string of the molecule is CC.CC.Nc1ccc(Cc2ccc(NP)cc2)cc1. The highest BCUT2D eigenvalue weighted by Gasteiger charge is 1.96. The van der Waals surface area contributed by atoms with E-state index in [2.05, 4.69) is 50.9 Å². The molecule has 1 atom stereocenters. The van der Waals surface area contributed by atoms with E-state index in [0.29, 0.717) is 0 Å². The Kier molecular flexibility index (Phi) is 10.4. The molecule has 0 fully saturated rings. The Bertz CT molecular complexity index is 449. The number of hydrogen-bond acceptors (Lipinski definition) is 2. The number of nitrogens with one attached hydrogen (secondary N) is 1. The van der Waals surface area contributed by atoms with Crippen molar-refractivity contribution < 1.29 is 0 Å². The van der Waals surface area contributed by atoms with Gasteiger partial charge in [0.1, 0.15) is 0 Å². The smallest absolute Gasteiger partial charge is 0.0368 e. The summed E-state index contributed by atoms with van der Waals surface area (Å²) in [4.78, 5) is 0. The van der Waals surface area contributed by atoms with Crippen LogP contribution in [0.4, 0.5) is 11.4 Å². The second-order valence-corrected chi connectivity index (χ2v) is 4.05. The van der Waals surface area contributed by atoms with Crippen molar-refractivity contribution in [2.45, 2.75) is 34.1 Å². The summed E-state index contributed by atoms with van der Waals surface area (Å²) >= 11 is 0. The third-order valence-electron chi connectivity index (χ3n) is 2.51. The van der Waals surface area contributed by atoms with Gasteiger partial charge in [0.25, 0.3) is 0 Å². The summed E-state index contributed by atoms with van der Waals surface area (Å²) in [5, 5.41) is 3.03. The van der Waals surface area contributed by atoms with Gasteiger partial charge in [0, 0.05) is 11.4 Å². The maximum Gasteiger partial charge on any atom is 0.0368 e. The molecule has 1 unspecified atom stereocenters. The average molecular weight is 290 g/mol. The molecule has 3 N–H and O–H groups in total. The Morgan fingerprint density at radius 2 is 1.20 bits per heavy atom. The zero-order valence-electron chi connectivity index (χ0n) is 13.0. The zero-order chi connectivity index (χ0) is 15.4. The molecule has 0 heterocycles. The minimum absolute atomic E-state index is 0.811. The zero-order valence-corrected chi connectivity index (χ0v) is 14.1. The molecule has 2 nitrogen and oxygen atoms in total. The molecular weight excluding hydrogens is 263 g/mol. The summed E-state index contributed by atoms with van der Waals surface area (Å²) in [5.74, 6) is 0. The molecule has 0 aromatic heterocycles. The standard InChI is InChI=1S/C13H15N2P.2C2H6/c14-12-5-1-10(2-6-12)9-11-3-7-13(15-16)8-4-11;2*1-2/h1-8,15H,9,14,16H2;2*1-2H3. The van der Waals surface area contributed by atoms with Gasteiger partial charge >= 0.3 is 0 Å². The van der Waals surface area contributed by atoms with Crippen molar-refractivity contribution in [3.63, 3.8) is 0 Å². The van der Waals surface area contributed by atoms with Crippen molar-refractivity contribution in [2.24, 2.45) is 0 Å². The van der Waals surface area contributed by atoms with Gasteiger partial charge in [0.15, 0.2) is 0 Å². The lowest BCUT2D eigenvalue weighted by atomic mass is 10.0. The largest absolute Gasteiger partial charge is 0.399 e. The first kappa shape index (κ1) is 18.5. The number of nitrogen functional groups attached to an aromatic ring is 1. The van der Waals surface area contributed by atoms with Gasteiger partial charge in [-0.25, -0.2) is 0 Å². The van der Waals surface area contributed by atoms with Crippen LogP contribution in [-0.4, -0.2) is 0 Å². The summed E-state index contributed by atoms with van der Waals surface area (Å²) in [7, 11) is 2.49. The fourth-order valence-electron chi connectivity index (χ4n) is 1.59. The highest BCUT2D eigenvalue weighted by atomic mass is 31.0. The Balaban J connectivity index is 0.000000829. The molecule has 110 valence electrons. The monoisotopic (exact) mass is 290 g/mol. The normalized spacial score (nSPS) is 8.65. The van der Waals surface area contributed by atoms with Crippen molar-refractivity contribution >= 4 is 20.8 Å². The van der Waals surface area contributed by atoms with Crippen molar-refractivity contribution in [1.82, 2.24) is 0 Å². The van der Waals surface area contributed by atoms with Crippen LogP contribution in [-0.2, 0) is 6.42 Å². The van der Waals surface area contributed by atoms with E-state index >= 15 is 0 Å². The van der Waals surface area contributed by atoms with Crippen LogP contribution in [0, 0.1) is 0 Å². The molecular formula is C17H27N2P. The molecule has 0 aliphatic rings. The summed E-state index contributed by atoms with van der Waals surface area (Å²) in [6.07, 6.45) is 0.942. The average Bonchev–Trinajstić information content (AvgIpc) is 2.54. The first-order chi connectivity index (χ1) is 9.78. The Labute approximate surface area is 126 Å². The molecule has 0 bridgehead atoms. The molecule has 0 saturated carbocycles. The molecule has 0 amide bonds. The first-order valence-electron chi connectivity index (χ1n) is 7.18. The quantitative estimate of drug-likeness (QED) is 0.608. The fraction of sp³-hybridized carbons (Fsp3) is 0.294. The van der Waals surface area contributed by atoms with Crippen molar-refractivity contribution in [3.05, 3.63) is 59.7 Å². The number of hydrogen-bond donors (Lipinski definition) is 2. The van der Waals surface area contributed by atoms with E-state index in [0.717, 1.165) is 17.8 Å². The van der Waals surface area contributed by atoms with Crippen LogP contribution in [0.3, 0.4) is 0 Å². The molecule has 20 heavy (non-hydrogen) atoms. The number of rotatable bonds is 3. The van der Waals surface area contributed by atoms with Crippen LogP contribution in [0.5, 0.6) is 0 Å². The molecule has 3 heteroatoms. The van der Waals surface area contributed by atoms with Crippen molar-refractivity contribution in [1.29, 1.82) is 0 Å². The number of nitrogens with two attached hydrogens (primary N) is 1. The highest BCUT2D eigenvalue weighted by Crippen LogP contribution is 2.15.